The number of unbranched alkanes of at least 4 members (excludes halogenated alkanes) is 2. The lowest BCUT2D eigenvalue weighted by molar-refractivity contribution is -0.107. The van der Waals surface area contributed by atoms with Crippen LogP contribution in [0.15, 0.2) is 24.3 Å². The van der Waals surface area contributed by atoms with Gasteiger partial charge in [-0.25, -0.2) is 0 Å². The summed E-state index contributed by atoms with van der Waals surface area (Å²) in [5.41, 5.74) is 0. The van der Waals surface area contributed by atoms with E-state index in [0.29, 0.717) is 18.8 Å². The molecule has 1 N–H and O–H groups in total. The number of hydrogen-bond donors (Lipinski definition) is 1. The number of hydrogen-bond acceptors (Lipinski definition) is 3. The molecule has 0 saturated heterocycles. The van der Waals surface area contributed by atoms with Crippen molar-refractivity contribution in [3.63, 3.8) is 0 Å². The van der Waals surface area contributed by atoms with Gasteiger partial charge >= 0.3 is 0 Å². The fourth-order valence-electron chi connectivity index (χ4n) is 1.09. The minimum absolute atomic E-state index is 0.204. The molecule has 0 aliphatic carbocycles. The second-order valence-electron chi connectivity index (χ2n) is 3.01. The van der Waals surface area contributed by atoms with Crippen LogP contribution in [0.2, 0.25) is 0 Å². The maximum absolute atomic E-state index is 10.0. The number of phenols is 1. The number of carbonyl (C=O) groups excluding carboxylic acids is 1. The highest BCUT2D eigenvalue weighted by Crippen LogP contribution is 2.17. The van der Waals surface area contributed by atoms with E-state index in [1.54, 1.807) is 24.3 Å². The number of aromatic hydroxyl groups is 1. The van der Waals surface area contributed by atoms with Crippen molar-refractivity contribution in [2.24, 2.45) is 0 Å². The Morgan fingerprint density at radius 1 is 1.36 bits per heavy atom. The molecule has 0 heterocycles. The molecule has 0 saturated carbocycles. The Balaban J connectivity index is 2.21. The molecule has 0 bridgehead atoms. The maximum Gasteiger partial charge on any atom is 0.122 e. The number of benzene rings is 1. The molecule has 1 aromatic rings. The van der Waals surface area contributed by atoms with Gasteiger partial charge in [0.05, 0.1) is 6.61 Å². The van der Waals surface area contributed by atoms with E-state index >= 15 is 0 Å². The van der Waals surface area contributed by atoms with E-state index in [9.17, 15) is 4.79 Å². The molecular formula is C11H14O3. The van der Waals surface area contributed by atoms with Crippen molar-refractivity contribution < 1.29 is 14.6 Å². The fourth-order valence-corrected chi connectivity index (χ4v) is 1.09. The number of ether oxygens (including phenoxy) is 1. The molecule has 0 radical (unpaired) electrons. The lowest BCUT2D eigenvalue weighted by atomic mass is 10.2. The average molecular weight is 194 g/mol. The monoisotopic (exact) mass is 194 g/mol. The lowest BCUT2D eigenvalue weighted by Crippen LogP contribution is -1.96. The molecule has 0 aliphatic rings. The number of carbonyl (C=O) groups is 1. The minimum atomic E-state index is 0.204. The normalized spacial score (nSPS) is 9.71. The van der Waals surface area contributed by atoms with Crippen LogP contribution in [-0.2, 0) is 4.79 Å². The molecule has 0 amide bonds. The first kappa shape index (κ1) is 10.6. The molecule has 3 heteroatoms. The Morgan fingerprint density at radius 2 is 2.21 bits per heavy atom. The highest BCUT2D eigenvalue weighted by atomic mass is 16.5. The molecule has 0 aromatic heterocycles. The zero-order valence-corrected chi connectivity index (χ0v) is 7.98. The second kappa shape index (κ2) is 6.02. The van der Waals surface area contributed by atoms with Gasteiger partial charge in [0.1, 0.15) is 17.8 Å². The highest BCUT2D eigenvalue weighted by Gasteiger charge is 1.94. The van der Waals surface area contributed by atoms with Gasteiger partial charge in [-0.05, 0) is 25.0 Å². The van der Waals surface area contributed by atoms with E-state index in [-0.39, 0.29) is 5.75 Å². The maximum atomic E-state index is 10.0. The summed E-state index contributed by atoms with van der Waals surface area (Å²) in [6.45, 7) is 0.581. The lowest BCUT2D eigenvalue weighted by Gasteiger charge is -2.04. The Labute approximate surface area is 83.3 Å². The van der Waals surface area contributed by atoms with E-state index in [1.807, 2.05) is 0 Å². The Bertz CT molecular complexity index is 284. The molecule has 0 atom stereocenters. The molecule has 14 heavy (non-hydrogen) atoms. The molecule has 1 aromatic carbocycles. The van der Waals surface area contributed by atoms with Gasteiger partial charge in [0.2, 0.25) is 0 Å². The van der Waals surface area contributed by atoms with Gasteiger partial charge < -0.3 is 14.6 Å². The molecule has 1 rings (SSSR count). The summed E-state index contributed by atoms with van der Waals surface area (Å²) in [6, 6.07) is 6.69. The fraction of sp³-hybridized carbons (Fsp3) is 0.364. The number of phenolic OH excluding ortho intramolecular Hbond substituents is 1. The predicted octanol–water partition coefficient (Wildman–Crippen LogP) is 2.14. The van der Waals surface area contributed by atoms with Crippen molar-refractivity contribution in [2.75, 3.05) is 6.61 Å². The first-order chi connectivity index (χ1) is 6.83. The van der Waals surface area contributed by atoms with Gasteiger partial charge in [-0.1, -0.05) is 6.07 Å². The third-order valence-electron chi connectivity index (χ3n) is 1.80. The van der Waals surface area contributed by atoms with Gasteiger partial charge in [0.15, 0.2) is 0 Å². The smallest absolute Gasteiger partial charge is 0.122 e. The van der Waals surface area contributed by atoms with Crippen molar-refractivity contribution in [1.29, 1.82) is 0 Å². The van der Waals surface area contributed by atoms with Crippen LogP contribution < -0.4 is 4.74 Å². The van der Waals surface area contributed by atoms with E-state index in [4.69, 9.17) is 9.84 Å². The summed E-state index contributed by atoms with van der Waals surface area (Å²) >= 11 is 0. The summed E-state index contributed by atoms with van der Waals surface area (Å²) in [4.78, 5) is 10.0. The van der Waals surface area contributed by atoms with Gasteiger partial charge in [0.25, 0.3) is 0 Å². The molecule has 0 unspecified atom stereocenters. The van der Waals surface area contributed by atoms with Crippen molar-refractivity contribution in [1.82, 2.24) is 0 Å². The van der Waals surface area contributed by atoms with Gasteiger partial charge in [-0.2, -0.15) is 0 Å². The zero-order valence-electron chi connectivity index (χ0n) is 7.98. The summed E-state index contributed by atoms with van der Waals surface area (Å²) in [6.07, 6.45) is 3.20. The summed E-state index contributed by atoms with van der Waals surface area (Å²) < 4.78 is 5.36. The van der Waals surface area contributed by atoms with Crippen LogP contribution >= 0.6 is 0 Å². The first-order valence-electron chi connectivity index (χ1n) is 4.68. The van der Waals surface area contributed by atoms with Crippen LogP contribution in [0.1, 0.15) is 19.3 Å². The van der Waals surface area contributed by atoms with Gasteiger partial charge in [-0.15, -0.1) is 0 Å². The van der Waals surface area contributed by atoms with Crippen LogP contribution in [0.25, 0.3) is 0 Å². The quantitative estimate of drug-likeness (QED) is 0.557. The second-order valence-corrected chi connectivity index (χ2v) is 3.01. The molecule has 3 nitrogen and oxygen atoms in total. The Morgan fingerprint density at radius 3 is 2.93 bits per heavy atom. The van der Waals surface area contributed by atoms with Crippen LogP contribution in [0.3, 0.4) is 0 Å². The summed E-state index contributed by atoms with van der Waals surface area (Å²) in [5, 5.41) is 9.13. The molecular weight excluding hydrogens is 180 g/mol. The van der Waals surface area contributed by atoms with E-state index in [2.05, 4.69) is 0 Å². The average Bonchev–Trinajstić information content (AvgIpc) is 2.18. The van der Waals surface area contributed by atoms with Crippen LogP contribution in [0, 0.1) is 0 Å². The van der Waals surface area contributed by atoms with Gasteiger partial charge in [-0.3, -0.25) is 0 Å². The van der Waals surface area contributed by atoms with Crippen LogP contribution in [0.5, 0.6) is 11.5 Å². The molecule has 0 spiro atoms. The standard InChI is InChI=1S/C11H14O3/c12-7-2-1-3-8-14-11-6-4-5-10(13)9-11/h4-7,9,13H,1-3,8H2. The minimum Gasteiger partial charge on any atom is -0.508 e. The largest absolute Gasteiger partial charge is 0.508 e. The third-order valence-corrected chi connectivity index (χ3v) is 1.80. The van der Waals surface area contributed by atoms with E-state index < -0.39 is 0 Å². The molecule has 76 valence electrons. The van der Waals surface area contributed by atoms with Crippen molar-refractivity contribution in [2.45, 2.75) is 19.3 Å². The first-order valence-corrected chi connectivity index (χ1v) is 4.68. The van der Waals surface area contributed by atoms with E-state index in [1.165, 1.54) is 0 Å². The number of aldehydes is 1. The van der Waals surface area contributed by atoms with Crippen molar-refractivity contribution >= 4 is 6.29 Å². The SMILES string of the molecule is O=CCCCCOc1cccc(O)c1. The summed E-state index contributed by atoms with van der Waals surface area (Å²) in [7, 11) is 0. The number of rotatable bonds is 6. The predicted molar refractivity (Wildman–Crippen MR) is 53.5 cm³/mol. The van der Waals surface area contributed by atoms with Crippen molar-refractivity contribution in [3.8, 4) is 11.5 Å². The zero-order chi connectivity index (χ0) is 10.2. The Hall–Kier alpha value is -1.51. The topological polar surface area (TPSA) is 46.5 Å². The van der Waals surface area contributed by atoms with Crippen LogP contribution in [-0.4, -0.2) is 18.0 Å². The Kier molecular flexibility index (Phi) is 4.55. The highest BCUT2D eigenvalue weighted by molar-refractivity contribution is 5.48. The third kappa shape index (κ3) is 3.94. The van der Waals surface area contributed by atoms with E-state index in [0.717, 1.165) is 19.1 Å². The van der Waals surface area contributed by atoms with Crippen molar-refractivity contribution in [3.05, 3.63) is 24.3 Å². The van der Waals surface area contributed by atoms with Gasteiger partial charge in [0, 0.05) is 12.5 Å². The molecule has 0 fully saturated rings. The van der Waals surface area contributed by atoms with Crippen LogP contribution in [0.4, 0.5) is 0 Å². The summed E-state index contributed by atoms with van der Waals surface area (Å²) in [5.74, 6) is 0.867. The molecule has 0 aliphatic heterocycles.